The van der Waals surface area contributed by atoms with Crippen LogP contribution in [0.4, 0.5) is 4.79 Å². The van der Waals surface area contributed by atoms with Crippen molar-refractivity contribution < 1.29 is 23.1 Å². The lowest BCUT2D eigenvalue weighted by Gasteiger charge is -2.19. The quantitative estimate of drug-likeness (QED) is 0.356. The van der Waals surface area contributed by atoms with E-state index in [1.807, 2.05) is 0 Å². The Hall–Kier alpha value is -0.0900. The van der Waals surface area contributed by atoms with Crippen LogP contribution in [0, 0.1) is 0 Å². The number of aliphatic hydroxyl groups excluding tert-OH is 1. The predicted octanol–water partition coefficient (Wildman–Crippen LogP) is 2.20. The molecular weight excluding hydrogens is 397 g/mol. The summed E-state index contributed by atoms with van der Waals surface area (Å²) in [7, 11) is -3.21. The molecule has 0 aromatic carbocycles. The summed E-state index contributed by atoms with van der Waals surface area (Å²) in [4.78, 5) is 11.3. The van der Waals surface area contributed by atoms with Crippen LogP contribution in [-0.2, 0) is 11.7 Å². The van der Waals surface area contributed by atoms with Gasteiger partial charge in [-0.05, 0) is 33.6 Å². The molecule has 8 heteroatoms. The number of carbonyl (C=O) groups excluding carboxylic acids is 1. The van der Waals surface area contributed by atoms with Gasteiger partial charge >= 0.3 is 6.09 Å². The Kier molecular flexibility index (Phi) is 8.99. The lowest BCUT2D eigenvalue weighted by Crippen LogP contribution is -2.33. The molecule has 0 radical (unpaired) electrons. The molecule has 2 N–H and O–H groups in total. The van der Waals surface area contributed by atoms with E-state index in [0.717, 1.165) is 12.8 Å². The van der Waals surface area contributed by atoms with Gasteiger partial charge in [-0.1, -0.05) is 12.8 Å². The largest absolute Gasteiger partial charge is 0.444 e. The van der Waals surface area contributed by atoms with Crippen LogP contribution in [0.3, 0.4) is 0 Å². The molecule has 120 valence electrons. The Morgan fingerprint density at radius 1 is 1.30 bits per heavy atom. The van der Waals surface area contributed by atoms with Crippen LogP contribution in [0.15, 0.2) is 0 Å². The Morgan fingerprint density at radius 2 is 1.90 bits per heavy atom. The highest BCUT2D eigenvalue weighted by molar-refractivity contribution is 14.2. The van der Waals surface area contributed by atoms with Crippen molar-refractivity contribution in [3.8, 4) is 0 Å². The molecule has 0 aliphatic heterocycles. The molecular formula is C12H24INO5S. The number of nitrogens with one attached hydrogen (secondary N) is 1. The van der Waals surface area contributed by atoms with Gasteiger partial charge in [-0.3, -0.25) is 0 Å². The number of amides is 1. The van der Waals surface area contributed by atoms with Gasteiger partial charge in [-0.15, -0.1) is 0 Å². The van der Waals surface area contributed by atoms with Crippen LogP contribution >= 0.6 is 21.2 Å². The number of aliphatic hydroxyl groups is 1. The Morgan fingerprint density at radius 3 is 2.35 bits per heavy atom. The minimum absolute atomic E-state index is 0.346. The van der Waals surface area contributed by atoms with Gasteiger partial charge in [0.25, 0.3) is 0 Å². The molecule has 1 unspecified atom stereocenters. The molecule has 0 aliphatic rings. The van der Waals surface area contributed by atoms with Crippen molar-refractivity contribution in [2.24, 2.45) is 0 Å². The van der Waals surface area contributed by atoms with E-state index in [0.29, 0.717) is 19.4 Å². The fourth-order valence-electron chi connectivity index (χ4n) is 1.50. The number of unbranched alkanes of at least 4 members (excludes halogenated alkanes) is 2. The zero-order valence-corrected chi connectivity index (χ0v) is 15.2. The molecule has 1 amide bonds. The molecule has 0 spiro atoms. The molecule has 0 aromatic heterocycles. The van der Waals surface area contributed by atoms with Gasteiger partial charge in [-0.2, -0.15) is 0 Å². The van der Waals surface area contributed by atoms with Gasteiger partial charge in [0.2, 0.25) is 7.01 Å². The molecule has 6 nitrogen and oxygen atoms in total. The maximum Gasteiger partial charge on any atom is 0.407 e. The summed E-state index contributed by atoms with van der Waals surface area (Å²) >= 11 is 1.37. The van der Waals surface area contributed by atoms with Crippen molar-refractivity contribution in [2.45, 2.75) is 57.3 Å². The topological polar surface area (TPSA) is 92.7 Å². The average molecular weight is 421 g/mol. The number of alkyl carbamates (subject to hydrolysis) is 1. The van der Waals surface area contributed by atoms with E-state index >= 15 is 0 Å². The Labute approximate surface area is 133 Å². The molecule has 0 rings (SSSR count). The van der Waals surface area contributed by atoms with Crippen LogP contribution < -0.4 is 5.32 Å². The van der Waals surface area contributed by atoms with E-state index in [-0.39, 0.29) is 6.61 Å². The van der Waals surface area contributed by atoms with E-state index < -0.39 is 24.0 Å². The minimum atomic E-state index is -3.21. The fraction of sp³-hybridized carbons (Fsp3) is 0.917. The molecule has 0 saturated heterocycles. The number of carbonyl (C=O) groups is 1. The van der Waals surface area contributed by atoms with E-state index in [1.54, 1.807) is 20.8 Å². The highest BCUT2D eigenvalue weighted by Crippen LogP contribution is 2.16. The number of halogens is 1. The van der Waals surface area contributed by atoms with Gasteiger partial charge in [0, 0.05) is 6.54 Å². The summed E-state index contributed by atoms with van der Waals surface area (Å²) in [6, 6.07) is 0. The lowest BCUT2D eigenvalue weighted by molar-refractivity contribution is 0.0527. The highest BCUT2D eigenvalue weighted by atomic mass is 127. The normalized spacial score (nSPS) is 13.8. The first-order chi connectivity index (χ1) is 9.06. The maximum absolute atomic E-state index is 11.3. The second-order valence-corrected chi connectivity index (χ2v) is 10.9. The summed E-state index contributed by atoms with van der Waals surface area (Å²) in [6.07, 6.45) is 2.23. The Balaban J connectivity index is 3.71. The number of ether oxygens (including phenoxy) is 1. The summed E-state index contributed by atoms with van der Waals surface area (Å²) < 4.78 is 27.6. The molecule has 0 heterocycles. The summed E-state index contributed by atoms with van der Waals surface area (Å²) in [5.41, 5.74) is -0.507. The number of hydrogen-bond donors (Lipinski definition) is 2. The van der Waals surface area contributed by atoms with Crippen molar-refractivity contribution >= 4 is 34.3 Å². The van der Waals surface area contributed by atoms with Crippen molar-refractivity contribution in [2.75, 3.05) is 13.2 Å². The molecule has 1 atom stereocenters. The third kappa shape index (κ3) is 10.7. The summed E-state index contributed by atoms with van der Waals surface area (Å²) in [5.74, 6) is 0. The highest BCUT2D eigenvalue weighted by Gasteiger charge is 2.20. The van der Waals surface area contributed by atoms with Crippen LogP contribution in [0.25, 0.3) is 0 Å². The predicted molar refractivity (Wildman–Crippen MR) is 86.5 cm³/mol. The zero-order chi connectivity index (χ0) is 15.8. The van der Waals surface area contributed by atoms with Crippen LogP contribution in [0.5, 0.6) is 0 Å². The molecule has 20 heavy (non-hydrogen) atoms. The van der Waals surface area contributed by atoms with Crippen molar-refractivity contribution in [1.82, 2.24) is 5.32 Å². The smallest absolute Gasteiger partial charge is 0.407 e. The van der Waals surface area contributed by atoms with Crippen LogP contribution in [0.2, 0.25) is 0 Å². The maximum atomic E-state index is 11.3. The van der Waals surface area contributed by atoms with E-state index in [1.165, 1.54) is 21.2 Å². The van der Waals surface area contributed by atoms with Gasteiger partial charge in [0.05, 0.1) is 33.1 Å². The number of hydrogen-bond acceptors (Lipinski definition) is 5. The van der Waals surface area contributed by atoms with Gasteiger partial charge in [0.15, 0.2) is 0 Å². The van der Waals surface area contributed by atoms with Gasteiger partial charge < -0.3 is 15.2 Å². The third-order valence-corrected chi connectivity index (χ3v) is 5.81. The molecule has 0 fully saturated rings. The molecule has 0 aromatic rings. The standard InChI is InChI=1S/C12H24INO5S/c1-12(2,3)19-11(16)14-8-6-4-5-7-10(9-15)20(13,17)18/h10,15H,4-9H2,1-3H3,(H,14,16). The summed E-state index contributed by atoms with van der Waals surface area (Å²) in [6.45, 7) is 5.54. The SMILES string of the molecule is CC(C)(C)OC(=O)NCCCCCC(CO)S(=O)(=O)I. The van der Waals surface area contributed by atoms with Crippen LogP contribution in [0.1, 0.15) is 46.5 Å². The van der Waals surface area contributed by atoms with Gasteiger partial charge in [0.1, 0.15) is 5.60 Å². The van der Waals surface area contributed by atoms with E-state index in [2.05, 4.69) is 5.32 Å². The fourth-order valence-corrected chi connectivity index (χ4v) is 3.37. The zero-order valence-electron chi connectivity index (χ0n) is 12.2. The first-order valence-electron chi connectivity index (χ1n) is 6.57. The first-order valence-corrected chi connectivity index (χ1v) is 10.7. The van der Waals surface area contributed by atoms with E-state index in [4.69, 9.17) is 9.84 Å². The second-order valence-electron chi connectivity index (χ2n) is 5.56. The first kappa shape index (κ1) is 19.9. The molecule has 0 saturated carbocycles. The number of rotatable bonds is 8. The monoisotopic (exact) mass is 421 g/mol. The van der Waals surface area contributed by atoms with Crippen molar-refractivity contribution in [3.05, 3.63) is 0 Å². The van der Waals surface area contributed by atoms with Crippen LogP contribution in [-0.4, -0.2) is 43.6 Å². The van der Waals surface area contributed by atoms with Crippen molar-refractivity contribution in [3.63, 3.8) is 0 Å². The molecule has 0 aliphatic carbocycles. The minimum Gasteiger partial charge on any atom is -0.444 e. The third-order valence-electron chi connectivity index (χ3n) is 2.47. The van der Waals surface area contributed by atoms with Crippen molar-refractivity contribution in [1.29, 1.82) is 0 Å². The average Bonchev–Trinajstić information content (AvgIpc) is 2.23. The second kappa shape index (κ2) is 9.04. The van der Waals surface area contributed by atoms with E-state index in [9.17, 15) is 13.2 Å². The summed E-state index contributed by atoms with van der Waals surface area (Å²) in [5, 5.41) is 10.9. The molecule has 0 bridgehead atoms. The lowest BCUT2D eigenvalue weighted by atomic mass is 10.1. The Bertz CT molecular complexity index is 391. The van der Waals surface area contributed by atoms with Gasteiger partial charge in [-0.25, -0.2) is 13.2 Å².